The van der Waals surface area contributed by atoms with E-state index in [0.29, 0.717) is 24.6 Å². The second-order valence-electron chi connectivity index (χ2n) is 5.81. The highest BCUT2D eigenvalue weighted by Crippen LogP contribution is 2.28. The fourth-order valence-corrected chi connectivity index (χ4v) is 3.10. The number of pyridine rings is 1. The van der Waals surface area contributed by atoms with Gasteiger partial charge in [0.05, 0.1) is 27.3 Å². The lowest BCUT2D eigenvalue weighted by molar-refractivity contribution is -0.383. The van der Waals surface area contributed by atoms with Crippen molar-refractivity contribution in [2.75, 3.05) is 0 Å². The van der Waals surface area contributed by atoms with Gasteiger partial charge >= 0.3 is 5.97 Å². The number of amides is 1. The first-order valence-electron chi connectivity index (χ1n) is 7.53. The maximum atomic E-state index is 12.5. The van der Waals surface area contributed by atoms with E-state index in [9.17, 15) is 19.7 Å². The number of nitrogens with zero attached hydrogens (tertiary/aromatic N) is 2. The molecular weight excluding hydrogens is 314 g/mol. The third-order valence-corrected chi connectivity index (χ3v) is 4.31. The van der Waals surface area contributed by atoms with Crippen LogP contribution in [0, 0.1) is 16.0 Å². The Balaban J connectivity index is 1.87. The second-order valence-corrected chi connectivity index (χ2v) is 5.81. The molecule has 1 amide bonds. The number of carboxylic acids is 1. The number of hydrogen-bond donors (Lipinski definition) is 2. The molecule has 3 rings (SSSR count). The number of carbonyl (C=O) groups excluding carboxylic acids is 1. The van der Waals surface area contributed by atoms with Crippen LogP contribution in [-0.4, -0.2) is 32.9 Å². The summed E-state index contributed by atoms with van der Waals surface area (Å²) in [5.74, 6) is -1.69. The van der Waals surface area contributed by atoms with Gasteiger partial charge in [0.15, 0.2) is 0 Å². The number of carbonyl (C=O) groups is 2. The van der Waals surface area contributed by atoms with Gasteiger partial charge < -0.3 is 10.4 Å². The first-order valence-corrected chi connectivity index (χ1v) is 7.53. The van der Waals surface area contributed by atoms with E-state index in [4.69, 9.17) is 5.11 Å². The largest absolute Gasteiger partial charge is 0.481 e. The van der Waals surface area contributed by atoms with Gasteiger partial charge in [0.2, 0.25) is 0 Å². The van der Waals surface area contributed by atoms with E-state index in [1.54, 1.807) is 12.1 Å². The van der Waals surface area contributed by atoms with Crippen LogP contribution in [0.5, 0.6) is 0 Å². The first kappa shape index (κ1) is 15.9. The predicted molar refractivity (Wildman–Crippen MR) is 84.6 cm³/mol. The molecule has 1 aliphatic rings. The molecule has 0 unspecified atom stereocenters. The standard InChI is InChI=1S/C16H15N3O5/c20-15(18-10-4-3-9(8-10)16(21)22)12-5-6-13(19(23)24)11-2-1-7-17-14(11)12/h1-2,5-7,9-10H,3-4,8H2,(H,18,20)(H,21,22)/t9-,10+/m0/s1. The van der Waals surface area contributed by atoms with Gasteiger partial charge in [-0.05, 0) is 37.5 Å². The number of carboxylic acid groups (broad SMARTS) is 1. The van der Waals surface area contributed by atoms with Gasteiger partial charge in [0.1, 0.15) is 0 Å². The highest BCUT2D eigenvalue weighted by atomic mass is 16.6. The van der Waals surface area contributed by atoms with Crippen molar-refractivity contribution >= 4 is 28.5 Å². The molecule has 1 saturated carbocycles. The fourth-order valence-electron chi connectivity index (χ4n) is 3.10. The lowest BCUT2D eigenvalue weighted by atomic mass is 10.1. The van der Waals surface area contributed by atoms with Crippen LogP contribution in [0.2, 0.25) is 0 Å². The molecule has 2 atom stereocenters. The molecule has 124 valence electrons. The second kappa shape index (κ2) is 6.23. The van der Waals surface area contributed by atoms with E-state index in [1.807, 2.05) is 0 Å². The number of benzene rings is 1. The van der Waals surface area contributed by atoms with Crippen LogP contribution in [0.25, 0.3) is 10.9 Å². The molecule has 8 heteroatoms. The number of rotatable bonds is 4. The van der Waals surface area contributed by atoms with Gasteiger partial charge in [-0.15, -0.1) is 0 Å². The zero-order valence-corrected chi connectivity index (χ0v) is 12.6. The van der Waals surface area contributed by atoms with Gasteiger partial charge in [-0.2, -0.15) is 0 Å². The molecule has 8 nitrogen and oxygen atoms in total. The Labute approximate surface area is 136 Å². The van der Waals surface area contributed by atoms with E-state index >= 15 is 0 Å². The molecule has 24 heavy (non-hydrogen) atoms. The van der Waals surface area contributed by atoms with Crippen molar-refractivity contribution in [3.63, 3.8) is 0 Å². The van der Waals surface area contributed by atoms with E-state index in [-0.39, 0.29) is 22.8 Å². The molecule has 0 aliphatic heterocycles. The molecular formula is C16H15N3O5. The maximum absolute atomic E-state index is 12.5. The van der Waals surface area contributed by atoms with Crippen molar-refractivity contribution in [1.82, 2.24) is 10.3 Å². The van der Waals surface area contributed by atoms with Crippen molar-refractivity contribution < 1.29 is 19.6 Å². The molecule has 1 aromatic heterocycles. The number of non-ortho nitro benzene ring substituents is 1. The van der Waals surface area contributed by atoms with Gasteiger partial charge in [-0.25, -0.2) is 0 Å². The monoisotopic (exact) mass is 329 g/mol. The Bertz CT molecular complexity index is 836. The van der Waals surface area contributed by atoms with Crippen molar-refractivity contribution in [3.05, 3.63) is 46.1 Å². The minimum atomic E-state index is -0.853. The van der Waals surface area contributed by atoms with Crippen LogP contribution in [-0.2, 0) is 4.79 Å². The Kier molecular flexibility index (Phi) is 4.11. The molecule has 0 bridgehead atoms. The van der Waals surface area contributed by atoms with Gasteiger partial charge in [-0.3, -0.25) is 24.7 Å². The molecule has 1 heterocycles. The number of nitro groups is 1. The van der Waals surface area contributed by atoms with Crippen LogP contribution in [0.15, 0.2) is 30.5 Å². The first-order chi connectivity index (χ1) is 11.5. The Morgan fingerprint density at radius 2 is 2.08 bits per heavy atom. The van der Waals surface area contributed by atoms with E-state index in [1.165, 1.54) is 18.3 Å². The van der Waals surface area contributed by atoms with Crippen LogP contribution in [0.4, 0.5) is 5.69 Å². The third kappa shape index (κ3) is 2.90. The zero-order valence-electron chi connectivity index (χ0n) is 12.6. The van der Waals surface area contributed by atoms with Crippen LogP contribution in [0.3, 0.4) is 0 Å². The summed E-state index contributed by atoms with van der Waals surface area (Å²) >= 11 is 0. The van der Waals surface area contributed by atoms with Crippen molar-refractivity contribution in [2.24, 2.45) is 5.92 Å². The third-order valence-electron chi connectivity index (χ3n) is 4.31. The molecule has 1 aromatic carbocycles. The summed E-state index contributed by atoms with van der Waals surface area (Å²) in [6.45, 7) is 0. The fraction of sp³-hybridized carbons (Fsp3) is 0.312. The summed E-state index contributed by atoms with van der Waals surface area (Å²) in [4.78, 5) is 38.2. The van der Waals surface area contributed by atoms with Crippen LogP contribution >= 0.6 is 0 Å². The van der Waals surface area contributed by atoms with E-state index in [0.717, 1.165) is 0 Å². The number of nitrogens with one attached hydrogen (secondary N) is 1. The van der Waals surface area contributed by atoms with E-state index < -0.39 is 22.7 Å². The summed E-state index contributed by atoms with van der Waals surface area (Å²) in [6, 6.07) is 5.58. The topological polar surface area (TPSA) is 122 Å². The number of aliphatic carboxylic acids is 1. The SMILES string of the molecule is O=C(N[C@@H]1CC[C@H](C(=O)O)C1)c1ccc([N+](=O)[O-])c2cccnc12. The van der Waals surface area contributed by atoms with Gasteiger partial charge in [-0.1, -0.05) is 0 Å². The van der Waals surface area contributed by atoms with Gasteiger partial charge in [0.25, 0.3) is 11.6 Å². The average Bonchev–Trinajstić information content (AvgIpc) is 3.02. The lowest BCUT2D eigenvalue weighted by Gasteiger charge is -2.13. The van der Waals surface area contributed by atoms with Crippen molar-refractivity contribution in [1.29, 1.82) is 0 Å². The Morgan fingerprint density at radius 3 is 2.75 bits per heavy atom. The summed E-state index contributed by atoms with van der Waals surface area (Å²) in [5.41, 5.74) is 0.397. The minimum absolute atomic E-state index is 0.110. The van der Waals surface area contributed by atoms with Crippen LogP contribution in [0.1, 0.15) is 29.6 Å². The molecule has 0 saturated heterocycles. The highest BCUT2D eigenvalue weighted by Gasteiger charge is 2.31. The molecule has 1 fully saturated rings. The summed E-state index contributed by atoms with van der Waals surface area (Å²) < 4.78 is 0. The average molecular weight is 329 g/mol. The summed E-state index contributed by atoms with van der Waals surface area (Å²) in [5, 5.41) is 23.2. The quantitative estimate of drug-likeness (QED) is 0.654. The minimum Gasteiger partial charge on any atom is -0.481 e. The zero-order chi connectivity index (χ0) is 17.3. The normalized spacial score (nSPS) is 20.0. The summed E-state index contributed by atoms with van der Waals surface area (Å²) in [6.07, 6.45) is 2.98. The lowest BCUT2D eigenvalue weighted by Crippen LogP contribution is -2.33. The summed E-state index contributed by atoms with van der Waals surface area (Å²) in [7, 11) is 0. The number of nitro benzene ring substituents is 1. The van der Waals surface area contributed by atoms with Crippen molar-refractivity contribution in [3.8, 4) is 0 Å². The molecule has 0 spiro atoms. The Hall–Kier alpha value is -3.03. The Morgan fingerprint density at radius 1 is 1.29 bits per heavy atom. The number of aromatic nitrogens is 1. The maximum Gasteiger partial charge on any atom is 0.306 e. The van der Waals surface area contributed by atoms with E-state index in [2.05, 4.69) is 10.3 Å². The number of hydrogen-bond acceptors (Lipinski definition) is 5. The van der Waals surface area contributed by atoms with Crippen molar-refractivity contribution in [2.45, 2.75) is 25.3 Å². The van der Waals surface area contributed by atoms with Crippen LogP contribution < -0.4 is 5.32 Å². The molecule has 1 aliphatic carbocycles. The highest BCUT2D eigenvalue weighted by molar-refractivity contribution is 6.07. The molecule has 0 radical (unpaired) electrons. The number of fused-ring (bicyclic) bond motifs is 1. The van der Waals surface area contributed by atoms with Gasteiger partial charge in [0, 0.05) is 18.3 Å². The smallest absolute Gasteiger partial charge is 0.306 e. The molecule has 2 N–H and O–H groups in total. The predicted octanol–water partition coefficient (Wildman–Crippen LogP) is 2.13. The molecule has 2 aromatic rings.